The fourth-order valence-electron chi connectivity index (χ4n) is 2.51. The van der Waals surface area contributed by atoms with Crippen LogP contribution in [-0.4, -0.2) is 16.5 Å². The number of allylic oxidation sites excluding steroid dienone is 1. The third kappa shape index (κ3) is 4.26. The Bertz CT molecular complexity index is 614. The molecule has 1 aromatic carbocycles. The second-order valence-corrected chi connectivity index (χ2v) is 10.6. The number of halogens is 5. The lowest BCUT2D eigenvalue weighted by atomic mass is 9.83. The maximum Gasteiger partial charge on any atom is 0.200 e. The lowest BCUT2D eigenvalue weighted by Crippen LogP contribution is -2.31. The van der Waals surface area contributed by atoms with Crippen LogP contribution in [0.4, 0.5) is 22.0 Å². The maximum atomic E-state index is 13.6. The van der Waals surface area contributed by atoms with Crippen molar-refractivity contribution in [3.63, 3.8) is 0 Å². The van der Waals surface area contributed by atoms with Crippen molar-refractivity contribution in [1.29, 1.82) is 0 Å². The summed E-state index contributed by atoms with van der Waals surface area (Å²) in [4.78, 5) is -0.873. The summed E-state index contributed by atoms with van der Waals surface area (Å²) in [6.45, 7) is 5.60. The number of aliphatic hydroxyl groups is 1. The molecule has 1 fully saturated rings. The molecule has 0 saturated heterocycles. The first kappa shape index (κ1) is 20.0. The first-order valence-electron chi connectivity index (χ1n) is 7.16. The maximum absolute atomic E-state index is 13.6. The number of hydrogen-bond acceptors (Lipinski definition) is 3. The second-order valence-electron chi connectivity index (χ2n) is 5.66. The van der Waals surface area contributed by atoms with Gasteiger partial charge in [0, 0.05) is 12.2 Å². The van der Waals surface area contributed by atoms with Crippen LogP contribution < -0.4 is 0 Å². The van der Waals surface area contributed by atoms with Crippen molar-refractivity contribution in [2.45, 2.75) is 42.4 Å². The summed E-state index contributed by atoms with van der Waals surface area (Å²) < 4.78 is 66.4. The molecule has 1 saturated carbocycles. The summed E-state index contributed by atoms with van der Waals surface area (Å²) in [5, 5.41) is 10.0. The van der Waals surface area contributed by atoms with Crippen LogP contribution in [0.3, 0.4) is 0 Å². The Hall–Kier alpha value is -0.300. The number of aliphatic hydroxyl groups excluding tert-OH is 1. The average Bonchev–Trinajstić information content (AvgIpc) is 2.55. The molecule has 134 valence electrons. The van der Waals surface area contributed by atoms with Crippen LogP contribution in [0.2, 0.25) is 0 Å². The van der Waals surface area contributed by atoms with Crippen LogP contribution >= 0.6 is 29.7 Å². The minimum absolute atomic E-state index is 0.118. The summed E-state index contributed by atoms with van der Waals surface area (Å²) in [7, 11) is 0. The van der Waals surface area contributed by atoms with Crippen LogP contribution in [0.15, 0.2) is 17.0 Å². The van der Waals surface area contributed by atoms with E-state index in [-0.39, 0.29) is 18.2 Å². The van der Waals surface area contributed by atoms with Crippen molar-refractivity contribution in [2.24, 2.45) is 5.92 Å². The molecule has 1 nitrogen and oxygen atoms in total. The summed E-state index contributed by atoms with van der Waals surface area (Å²) in [5.41, 5.74) is 1.01. The molecule has 0 aromatic heterocycles. The first-order valence-corrected chi connectivity index (χ1v) is 11.3. The van der Waals surface area contributed by atoms with Gasteiger partial charge in [0.25, 0.3) is 0 Å². The van der Waals surface area contributed by atoms with E-state index >= 15 is 0 Å². The molecular weight excluding hydrogens is 386 g/mol. The molecule has 1 aromatic rings. The van der Waals surface area contributed by atoms with E-state index in [0.29, 0.717) is 24.2 Å². The van der Waals surface area contributed by atoms with E-state index in [1.54, 1.807) is 0 Å². The van der Waals surface area contributed by atoms with E-state index in [0.717, 1.165) is 12.0 Å². The molecule has 0 spiro atoms. The van der Waals surface area contributed by atoms with Crippen molar-refractivity contribution in [3.05, 3.63) is 41.2 Å². The Balaban J connectivity index is 1.97. The Kier molecular flexibility index (Phi) is 7.00. The van der Waals surface area contributed by atoms with E-state index in [1.165, 1.54) is 11.4 Å². The predicted octanol–water partition coefficient (Wildman–Crippen LogP) is 5.82. The topological polar surface area (TPSA) is 20.2 Å². The molecule has 0 radical (unpaired) electrons. The van der Waals surface area contributed by atoms with Gasteiger partial charge in [-0.2, -0.15) is 0 Å². The zero-order valence-electron chi connectivity index (χ0n) is 12.7. The SMILES string of the molecule is C=C(C)C1CCC(SPSc2c(F)c(F)c(F)c(F)c2F)C(O)C1. The molecule has 0 amide bonds. The monoisotopic (exact) mass is 402 g/mol. The Morgan fingerprint density at radius 1 is 1.04 bits per heavy atom. The van der Waals surface area contributed by atoms with Gasteiger partial charge in [0.05, 0.1) is 11.0 Å². The molecular formula is C15H16F5OPS2. The summed E-state index contributed by atoms with van der Waals surface area (Å²) >= 11 is 1.87. The van der Waals surface area contributed by atoms with Crippen LogP contribution in [0.25, 0.3) is 0 Å². The van der Waals surface area contributed by atoms with Gasteiger partial charge in [-0.15, -0.1) is 11.4 Å². The lowest BCUT2D eigenvalue weighted by Gasteiger charge is -2.32. The van der Waals surface area contributed by atoms with E-state index in [2.05, 4.69) is 6.58 Å². The zero-order chi connectivity index (χ0) is 18.0. The highest BCUT2D eigenvalue weighted by molar-refractivity contribution is 8.82. The summed E-state index contributed by atoms with van der Waals surface area (Å²) in [6, 6.07) is 0. The van der Waals surface area contributed by atoms with Crippen LogP contribution in [0.5, 0.6) is 0 Å². The van der Waals surface area contributed by atoms with Crippen LogP contribution in [-0.2, 0) is 0 Å². The molecule has 4 atom stereocenters. The highest BCUT2D eigenvalue weighted by Crippen LogP contribution is 2.53. The van der Waals surface area contributed by atoms with Crippen LogP contribution in [0, 0.1) is 35.0 Å². The molecule has 1 N–H and O–H groups in total. The molecule has 24 heavy (non-hydrogen) atoms. The largest absolute Gasteiger partial charge is 0.392 e. The quantitative estimate of drug-likeness (QED) is 0.220. The second kappa shape index (κ2) is 8.39. The fourth-order valence-corrected chi connectivity index (χ4v) is 8.06. The standard InChI is InChI=1S/C15H16F5OPS2/c1-6(2)7-3-4-9(8(21)5-7)23-22-24-15-13(19)11(17)10(16)12(18)14(15)20/h7-9,21-22H,1,3-5H2,2H3. The predicted molar refractivity (Wildman–Crippen MR) is 89.9 cm³/mol. The molecule has 9 heteroatoms. The number of benzene rings is 1. The molecule has 0 bridgehead atoms. The Morgan fingerprint density at radius 2 is 1.58 bits per heavy atom. The average molecular weight is 402 g/mol. The highest BCUT2D eigenvalue weighted by atomic mass is 33.1. The summed E-state index contributed by atoms with van der Waals surface area (Å²) in [5.74, 6) is -9.39. The fraction of sp³-hybridized carbons (Fsp3) is 0.467. The zero-order valence-corrected chi connectivity index (χ0v) is 15.3. The van der Waals surface area contributed by atoms with Gasteiger partial charge in [-0.25, -0.2) is 22.0 Å². The van der Waals surface area contributed by atoms with Gasteiger partial charge in [0.15, 0.2) is 23.3 Å². The van der Waals surface area contributed by atoms with Crippen molar-refractivity contribution in [1.82, 2.24) is 0 Å². The normalized spacial score (nSPS) is 24.7. The third-order valence-corrected chi connectivity index (χ3v) is 9.23. The van der Waals surface area contributed by atoms with Crippen molar-refractivity contribution >= 4 is 29.7 Å². The van der Waals surface area contributed by atoms with Gasteiger partial charge in [0.1, 0.15) is 0 Å². The first-order chi connectivity index (χ1) is 11.2. The molecule has 4 unspecified atom stereocenters. The van der Waals surface area contributed by atoms with Crippen molar-refractivity contribution in [2.75, 3.05) is 0 Å². The Labute approximate surface area is 146 Å². The summed E-state index contributed by atoms with van der Waals surface area (Å²) in [6.07, 6.45) is 1.58. The number of rotatable bonds is 5. The lowest BCUT2D eigenvalue weighted by molar-refractivity contribution is 0.117. The number of hydrogen-bond donors (Lipinski definition) is 1. The molecule has 2 rings (SSSR count). The molecule has 1 aliphatic carbocycles. The van der Waals surface area contributed by atoms with Crippen LogP contribution in [0.1, 0.15) is 26.2 Å². The van der Waals surface area contributed by atoms with E-state index in [4.69, 9.17) is 0 Å². The van der Waals surface area contributed by atoms with E-state index in [1.807, 2.05) is 6.92 Å². The molecule has 0 aliphatic heterocycles. The van der Waals surface area contributed by atoms with E-state index < -0.39 is 40.1 Å². The van der Waals surface area contributed by atoms with Gasteiger partial charge < -0.3 is 5.11 Å². The smallest absolute Gasteiger partial charge is 0.200 e. The Morgan fingerprint density at radius 3 is 2.08 bits per heavy atom. The van der Waals surface area contributed by atoms with Gasteiger partial charge in [-0.3, -0.25) is 0 Å². The molecule has 0 heterocycles. The third-order valence-electron chi connectivity index (χ3n) is 3.96. The van der Waals surface area contributed by atoms with Crippen molar-refractivity contribution < 1.29 is 27.1 Å². The minimum Gasteiger partial charge on any atom is -0.392 e. The van der Waals surface area contributed by atoms with Gasteiger partial charge in [-0.1, -0.05) is 23.5 Å². The van der Waals surface area contributed by atoms with Gasteiger partial charge in [0.2, 0.25) is 5.82 Å². The minimum atomic E-state index is -2.15. The van der Waals surface area contributed by atoms with E-state index in [9.17, 15) is 27.1 Å². The van der Waals surface area contributed by atoms with Crippen molar-refractivity contribution in [3.8, 4) is 0 Å². The highest BCUT2D eigenvalue weighted by Gasteiger charge is 2.31. The molecule has 1 aliphatic rings. The van der Waals surface area contributed by atoms with Gasteiger partial charge in [-0.05, 0) is 32.1 Å². The van der Waals surface area contributed by atoms with Gasteiger partial charge >= 0.3 is 0 Å².